The maximum atomic E-state index is 12.6. The zero-order valence-electron chi connectivity index (χ0n) is 14.8. The number of rotatable bonds is 5. The molecule has 1 amide bonds. The number of morpholine rings is 1. The zero-order chi connectivity index (χ0) is 17.6. The Kier molecular flexibility index (Phi) is 6.70. The van der Waals surface area contributed by atoms with Crippen LogP contribution in [0.4, 0.5) is 0 Å². The van der Waals surface area contributed by atoms with E-state index in [-0.39, 0.29) is 17.9 Å². The molecular formula is C19H28ClN3O2. The molecule has 2 heterocycles. The van der Waals surface area contributed by atoms with Crippen molar-refractivity contribution in [2.45, 2.75) is 31.8 Å². The van der Waals surface area contributed by atoms with Crippen molar-refractivity contribution in [1.29, 1.82) is 0 Å². The first-order valence-electron chi connectivity index (χ1n) is 9.22. The largest absolute Gasteiger partial charge is 0.379 e. The monoisotopic (exact) mass is 365 g/mol. The lowest BCUT2D eigenvalue weighted by atomic mass is 9.92. The maximum Gasteiger partial charge on any atom is 0.223 e. The highest BCUT2D eigenvalue weighted by molar-refractivity contribution is 6.31. The molecule has 0 aliphatic carbocycles. The maximum absolute atomic E-state index is 12.6. The summed E-state index contributed by atoms with van der Waals surface area (Å²) in [6, 6.07) is 8.41. The Bertz CT molecular complexity index is 578. The van der Waals surface area contributed by atoms with Gasteiger partial charge in [-0.1, -0.05) is 29.8 Å². The van der Waals surface area contributed by atoms with Gasteiger partial charge in [0.25, 0.3) is 0 Å². The van der Waals surface area contributed by atoms with Gasteiger partial charge in [-0.2, -0.15) is 0 Å². The highest BCUT2D eigenvalue weighted by Gasteiger charge is 2.28. The van der Waals surface area contributed by atoms with Gasteiger partial charge in [0, 0.05) is 36.6 Å². The first kappa shape index (κ1) is 18.6. The first-order valence-corrected chi connectivity index (χ1v) is 9.60. The van der Waals surface area contributed by atoms with E-state index in [2.05, 4.69) is 28.5 Å². The summed E-state index contributed by atoms with van der Waals surface area (Å²) in [5, 5.41) is 7.34. The topological polar surface area (TPSA) is 53.6 Å². The number of carbonyl (C=O) groups is 1. The second-order valence-corrected chi connectivity index (χ2v) is 7.41. The average molecular weight is 366 g/mol. The third-order valence-electron chi connectivity index (χ3n) is 5.21. The van der Waals surface area contributed by atoms with Gasteiger partial charge in [-0.05, 0) is 37.9 Å². The average Bonchev–Trinajstić information content (AvgIpc) is 2.64. The second kappa shape index (κ2) is 8.99. The molecule has 25 heavy (non-hydrogen) atoms. The molecule has 3 atom stereocenters. The summed E-state index contributed by atoms with van der Waals surface area (Å²) >= 11 is 6.44. The highest BCUT2D eigenvalue weighted by atomic mass is 35.5. The fraction of sp³-hybridized carbons (Fsp3) is 0.632. The number of hydrogen-bond acceptors (Lipinski definition) is 4. The second-order valence-electron chi connectivity index (χ2n) is 7.01. The van der Waals surface area contributed by atoms with Crippen LogP contribution in [0.1, 0.15) is 31.4 Å². The van der Waals surface area contributed by atoms with Crippen LogP contribution in [0.25, 0.3) is 0 Å². The van der Waals surface area contributed by atoms with Gasteiger partial charge in [-0.15, -0.1) is 0 Å². The van der Waals surface area contributed by atoms with Crippen LogP contribution in [0, 0.1) is 5.92 Å². The molecule has 2 fully saturated rings. The van der Waals surface area contributed by atoms with Crippen LogP contribution in [0.3, 0.4) is 0 Å². The van der Waals surface area contributed by atoms with Crippen LogP contribution < -0.4 is 10.6 Å². The fourth-order valence-electron chi connectivity index (χ4n) is 3.78. The van der Waals surface area contributed by atoms with Crippen molar-refractivity contribution in [3.05, 3.63) is 34.9 Å². The molecule has 5 nitrogen and oxygen atoms in total. The molecule has 2 saturated heterocycles. The third kappa shape index (κ3) is 4.94. The zero-order valence-corrected chi connectivity index (χ0v) is 15.6. The Balaban J connectivity index is 1.67. The van der Waals surface area contributed by atoms with Crippen LogP contribution in [0.15, 0.2) is 24.3 Å². The molecule has 138 valence electrons. The smallest absolute Gasteiger partial charge is 0.223 e. The molecule has 3 rings (SSSR count). The molecule has 0 spiro atoms. The van der Waals surface area contributed by atoms with E-state index in [1.807, 2.05) is 18.2 Å². The van der Waals surface area contributed by atoms with Crippen molar-refractivity contribution in [2.24, 2.45) is 5.92 Å². The van der Waals surface area contributed by atoms with E-state index in [1.54, 1.807) is 0 Å². The van der Waals surface area contributed by atoms with Gasteiger partial charge < -0.3 is 15.4 Å². The summed E-state index contributed by atoms with van der Waals surface area (Å²) in [6.45, 7) is 6.80. The predicted octanol–water partition coefficient (Wildman–Crippen LogP) is 2.22. The van der Waals surface area contributed by atoms with Crippen LogP contribution in [0.2, 0.25) is 5.02 Å². The molecular weight excluding hydrogens is 338 g/mol. The molecule has 1 aromatic carbocycles. The van der Waals surface area contributed by atoms with Crippen molar-refractivity contribution in [3.8, 4) is 0 Å². The van der Waals surface area contributed by atoms with E-state index < -0.39 is 0 Å². The van der Waals surface area contributed by atoms with Gasteiger partial charge in [0.1, 0.15) is 0 Å². The van der Waals surface area contributed by atoms with Gasteiger partial charge in [-0.25, -0.2) is 0 Å². The first-order chi connectivity index (χ1) is 12.1. The molecule has 0 radical (unpaired) electrons. The van der Waals surface area contributed by atoms with Crippen molar-refractivity contribution in [2.75, 3.05) is 39.4 Å². The summed E-state index contributed by atoms with van der Waals surface area (Å²) in [4.78, 5) is 15.0. The number of benzene rings is 1. The molecule has 0 saturated carbocycles. The van der Waals surface area contributed by atoms with Crippen LogP contribution in [0.5, 0.6) is 0 Å². The third-order valence-corrected chi connectivity index (χ3v) is 5.56. The molecule has 6 heteroatoms. The Morgan fingerprint density at radius 2 is 2.16 bits per heavy atom. The molecule has 2 aliphatic heterocycles. The Hall–Kier alpha value is -1.14. The minimum Gasteiger partial charge on any atom is -0.379 e. The number of carbonyl (C=O) groups excluding carboxylic acids is 1. The molecule has 0 bridgehead atoms. The molecule has 0 aromatic heterocycles. The summed E-state index contributed by atoms with van der Waals surface area (Å²) in [7, 11) is 0. The van der Waals surface area contributed by atoms with Crippen molar-refractivity contribution in [3.63, 3.8) is 0 Å². The van der Waals surface area contributed by atoms with Crippen molar-refractivity contribution in [1.82, 2.24) is 15.5 Å². The minimum absolute atomic E-state index is 0.0840. The van der Waals surface area contributed by atoms with Crippen LogP contribution >= 0.6 is 11.6 Å². The van der Waals surface area contributed by atoms with Gasteiger partial charge in [0.05, 0.1) is 19.3 Å². The van der Waals surface area contributed by atoms with E-state index in [4.69, 9.17) is 16.3 Å². The SMILES string of the molecule is C[C@H]1C[C@@H](C(=O)NCC(c2ccccc2Cl)N2CCOCC2)CCN1. The number of halogens is 1. The predicted molar refractivity (Wildman–Crippen MR) is 99.8 cm³/mol. The molecule has 2 N–H and O–H groups in total. The number of hydrogen-bond donors (Lipinski definition) is 2. The lowest BCUT2D eigenvalue weighted by Gasteiger charge is -2.36. The van der Waals surface area contributed by atoms with E-state index in [9.17, 15) is 4.79 Å². The molecule has 1 aromatic rings. The Morgan fingerprint density at radius 3 is 2.88 bits per heavy atom. The number of ether oxygens (including phenoxy) is 1. The van der Waals surface area contributed by atoms with Crippen molar-refractivity contribution < 1.29 is 9.53 Å². The molecule has 2 aliphatic rings. The normalized spacial score (nSPS) is 26.2. The van der Waals surface area contributed by atoms with E-state index >= 15 is 0 Å². The van der Waals surface area contributed by atoms with Gasteiger partial charge in [0.15, 0.2) is 0 Å². The van der Waals surface area contributed by atoms with Crippen LogP contribution in [-0.4, -0.2) is 56.2 Å². The van der Waals surface area contributed by atoms with Crippen LogP contribution in [-0.2, 0) is 9.53 Å². The Labute approximate surface area is 155 Å². The van der Waals surface area contributed by atoms with Crippen molar-refractivity contribution >= 4 is 17.5 Å². The van der Waals surface area contributed by atoms with E-state index in [1.165, 1.54) is 0 Å². The number of amides is 1. The quantitative estimate of drug-likeness (QED) is 0.840. The summed E-state index contributed by atoms with van der Waals surface area (Å²) < 4.78 is 5.48. The summed E-state index contributed by atoms with van der Waals surface area (Å²) in [5.74, 6) is 0.270. The lowest BCUT2D eigenvalue weighted by molar-refractivity contribution is -0.126. The van der Waals surface area contributed by atoms with Gasteiger partial charge in [-0.3, -0.25) is 9.69 Å². The number of piperidine rings is 1. The van der Waals surface area contributed by atoms with E-state index in [0.717, 1.165) is 56.3 Å². The number of nitrogens with zero attached hydrogens (tertiary/aromatic N) is 1. The van der Waals surface area contributed by atoms with Gasteiger partial charge >= 0.3 is 0 Å². The fourth-order valence-corrected chi connectivity index (χ4v) is 4.04. The molecule has 1 unspecified atom stereocenters. The number of nitrogens with one attached hydrogen (secondary N) is 2. The minimum atomic E-state index is 0.0840. The Morgan fingerprint density at radius 1 is 1.40 bits per heavy atom. The highest BCUT2D eigenvalue weighted by Crippen LogP contribution is 2.28. The van der Waals surface area contributed by atoms with E-state index in [0.29, 0.717) is 12.6 Å². The summed E-state index contributed by atoms with van der Waals surface area (Å²) in [6.07, 6.45) is 1.81. The lowest BCUT2D eigenvalue weighted by Crippen LogP contribution is -2.46. The van der Waals surface area contributed by atoms with Gasteiger partial charge in [0.2, 0.25) is 5.91 Å². The summed E-state index contributed by atoms with van der Waals surface area (Å²) in [5.41, 5.74) is 1.07. The standard InChI is InChI=1S/C19H28ClN3O2/c1-14-12-15(6-7-21-14)19(24)22-13-18(23-8-10-25-11-9-23)16-4-2-3-5-17(16)20/h2-5,14-15,18,21H,6-13H2,1H3,(H,22,24)/t14-,15-,18?/m0/s1.